The molecule has 0 aliphatic carbocycles. The van der Waals surface area contributed by atoms with Gasteiger partial charge < -0.3 is 10.5 Å². The van der Waals surface area contributed by atoms with Crippen LogP contribution in [-0.2, 0) is 9.53 Å². The van der Waals surface area contributed by atoms with Gasteiger partial charge in [-0.2, -0.15) is 0 Å². The molecule has 0 saturated heterocycles. The van der Waals surface area contributed by atoms with Gasteiger partial charge in [-0.15, -0.1) is 0 Å². The summed E-state index contributed by atoms with van der Waals surface area (Å²) in [6, 6.07) is 3.33. The van der Waals surface area contributed by atoms with Gasteiger partial charge >= 0.3 is 5.97 Å². The third kappa shape index (κ3) is 2.79. The second-order valence-electron chi connectivity index (χ2n) is 2.95. The lowest BCUT2D eigenvalue weighted by Crippen LogP contribution is -2.08. The highest BCUT2D eigenvalue weighted by molar-refractivity contribution is 5.90. The van der Waals surface area contributed by atoms with Gasteiger partial charge in [-0.1, -0.05) is 6.07 Å². The molecule has 0 aliphatic heterocycles. The van der Waals surface area contributed by atoms with Crippen LogP contribution in [0.5, 0.6) is 0 Å². The quantitative estimate of drug-likeness (QED) is 0.633. The van der Waals surface area contributed by atoms with Gasteiger partial charge in [0.1, 0.15) is 11.6 Å². The summed E-state index contributed by atoms with van der Waals surface area (Å²) < 4.78 is 31.0. The molecule has 0 bridgehead atoms. The summed E-state index contributed by atoms with van der Waals surface area (Å²) in [6.45, 7) is 1.79. The molecule has 86 valence electrons. The Morgan fingerprint density at radius 2 is 2.00 bits per heavy atom. The molecule has 5 heteroatoms. The molecule has 0 heterocycles. The summed E-state index contributed by atoms with van der Waals surface area (Å²) in [4.78, 5) is 11.0. The first kappa shape index (κ1) is 12.2. The van der Waals surface area contributed by atoms with Gasteiger partial charge in [0.15, 0.2) is 0 Å². The highest BCUT2D eigenvalue weighted by Crippen LogP contribution is 2.17. The van der Waals surface area contributed by atoms with Crippen LogP contribution in [0.2, 0.25) is 0 Å². The lowest BCUT2D eigenvalue weighted by molar-refractivity contribution is -0.137. The zero-order valence-electron chi connectivity index (χ0n) is 8.67. The fourth-order valence-electron chi connectivity index (χ4n) is 1.16. The fraction of sp³-hybridized carbons (Fsp3) is 0.182. The maximum absolute atomic E-state index is 13.2. The highest BCUT2D eigenvalue weighted by Gasteiger charge is 2.12. The molecule has 0 saturated carbocycles. The van der Waals surface area contributed by atoms with Crippen molar-refractivity contribution in [3.8, 4) is 0 Å². The van der Waals surface area contributed by atoms with E-state index in [1.54, 1.807) is 6.92 Å². The van der Waals surface area contributed by atoms with Crippen LogP contribution in [0.4, 0.5) is 8.78 Å². The van der Waals surface area contributed by atoms with Gasteiger partial charge in [-0.25, -0.2) is 13.6 Å². The van der Waals surface area contributed by atoms with E-state index in [1.165, 1.54) is 6.07 Å². The molecule has 1 aromatic rings. The Morgan fingerprint density at radius 3 is 2.50 bits per heavy atom. The maximum atomic E-state index is 13.2. The standard InChI is InChI=1S/C11H11F2NO2/c1-2-16-10(15)6-9(14)11-7(12)4-3-5-8(11)13/h3-6H,2,14H2,1H3/b9-6+. The van der Waals surface area contributed by atoms with E-state index in [2.05, 4.69) is 4.74 Å². The lowest BCUT2D eigenvalue weighted by Gasteiger charge is -2.04. The normalized spacial score (nSPS) is 11.3. The second-order valence-corrected chi connectivity index (χ2v) is 2.95. The lowest BCUT2D eigenvalue weighted by atomic mass is 10.1. The number of hydrogen-bond acceptors (Lipinski definition) is 3. The van der Waals surface area contributed by atoms with Crippen LogP contribution in [-0.4, -0.2) is 12.6 Å². The summed E-state index contributed by atoms with van der Waals surface area (Å²) in [5.41, 5.74) is 4.69. The van der Waals surface area contributed by atoms with Crippen molar-refractivity contribution < 1.29 is 18.3 Å². The van der Waals surface area contributed by atoms with E-state index in [0.717, 1.165) is 18.2 Å². The maximum Gasteiger partial charge on any atom is 0.332 e. The first-order valence-electron chi connectivity index (χ1n) is 4.64. The summed E-state index contributed by atoms with van der Waals surface area (Å²) in [5.74, 6) is -2.38. The monoisotopic (exact) mass is 227 g/mol. The van der Waals surface area contributed by atoms with Crippen molar-refractivity contribution in [2.24, 2.45) is 5.73 Å². The van der Waals surface area contributed by atoms with Gasteiger partial charge in [-0.05, 0) is 19.1 Å². The molecule has 0 amide bonds. The van der Waals surface area contributed by atoms with E-state index in [0.29, 0.717) is 0 Å². The SMILES string of the molecule is CCOC(=O)/C=C(/N)c1c(F)cccc1F. The second kappa shape index (κ2) is 5.25. The van der Waals surface area contributed by atoms with E-state index in [1.807, 2.05) is 0 Å². The van der Waals surface area contributed by atoms with Crippen molar-refractivity contribution in [3.63, 3.8) is 0 Å². The van der Waals surface area contributed by atoms with Crippen molar-refractivity contribution in [1.82, 2.24) is 0 Å². The highest BCUT2D eigenvalue weighted by atomic mass is 19.1. The number of rotatable bonds is 3. The Bertz CT molecular complexity index is 410. The molecule has 2 N–H and O–H groups in total. The molecule has 0 aromatic heterocycles. The predicted octanol–water partition coefficient (Wildman–Crippen LogP) is 1.83. The molecular formula is C11H11F2NO2. The molecule has 1 aromatic carbocycles. The smallest absolute Gasteiger partial charge is 0.332 e. The van der Waals surface area contributed by atoms with Crippen LogP contribution in [0.15, 0.2) is 24.3 Å². The number of hydrogen-bond donors (Lipinski definition) is 1. The Hall–Kier alpha value is -1.91. The molecule has 0 atom stereocenters. The molecule has 0 unspecified atom stereocenters. The molecule has 0 radical (unpaired) electrons. The van der Waals surface area contributed by atoms with Gasteiger partial charge in [0, 0.05) is 6.08 Å². The van der Waals surface area contributed by atoms with Gasteiger partial charge in [-0.3, -0.25) is 0 Å². The van der Waals surface area contributed by atoms with Crippen molar-refractivity contribution in [2.75, 3.05) is 6.61 Å². The van der Waals surface area contributed by atoms with Crippen LogP contribution in [0, 0.1) is 11.6 Å². The van der Waals surface area contributed by atoms with Gasteiger partial charge in [0.2, 0.25) is 0 Å². The molecule has 0 spiro atoms. The van der Waals surface area contributed by atoms with E-state index in [9.17, 15) is 13.6 Å². The summed E-state index contributed by atoms with van der Waals surface area (Å²) in [5, 5.41) is 0. The fourth-order valence-corrected chi connectivity index (χ4v) is 1.16. The minimum atomic E-state index is -0.821. The first-order valence-corrected chi connectivity index (χ1v) is 4.64. The van der Waals surface area contributed by atoms with E-state index in [-0.39, 0.29) is 12.3 Å². The number of halogens is 2. The van der Waals surface area contributed by atoms with Crippen LogP contribution in [0.1, 0.15) is 12.5 Å². The summed E-state index contributed by atoms with van der Waals surface area (Å²) >= 11 is 0. The third-order valence-corrected chi connectivity index (χ3v) is 1.81. The Balaban J connectivity index is 3.04. The number of nitrogens with two attached hydrogens (primary N) is 1. The van der Waals surface area contributed by atoms with E-state index < -0.39 is 23.2 Å². The predicted molar refractivity (Wildman–Crippen MR) is 55.2 cm³/mol. The van der Waals surface area contributed by atoms with Crippen LogP contribution >= 0.6 is 0 Å². The van der Waals surface area contributed by atoms with Crippen LogP contribution < -0.4 is 5.73 Å². The molecule has 0 aliphatic rings. The third-order valence-electron chi connectivity index (χ3n) is 1.81. The van der Waals surface area contributed by atoms with Gasteiger partial charge in [0.05, 0.1) is 17.9 Å². The van der Waals surface area contributed by atoms with Crippen molar-refractivity contribution in [2.45, 2.75) is 6.92 Å². The van der Waals surface area contributed by atoms with Crippen molar-refractivity contribution in [3.05, 3.63) is 41.5 Å². The van der Waals surface area contributed by atoms with Crippen LogP contribution in [0.3, 0.4) is 0 Å². The number of carbonyl (C=O) groups excluding carboxylic acids is 1. The number of esters is 1. The molecular weight excluding hydrogens is 216 g/mol. The Kier molecular flexibility index (Phi) is 3.99. The Morgan fingerprint density at radius 1 is 1.44 bits per heavy atom. The minimum absolute atomic E-state index is 0.169. The molecule has 3 nitrogen and oxygen atoms in total. The van der Waals surface area contributed by atoms with Crippen molar-refractivity contribution in [1.29, 1.82) is 0 Å². The summed E-state index contributed by atoms with van der Waals surface area (Å²) in [7, 11) is 0. The summed E-state index contributed by atoms with van der Waals surface area (Å²) in [6.07, 6.45) is 0.852. The average Bonchev–Trinajstić information content (AvgIpc) is 2.17. The largest absolute Gasteiger partial charge is 0.463 e. The molecule has 0 fully saturated rings. The van der Waals surface area contributed by atoms with Gasteiger partial charge in [0.25, 0.3) is 0 Å². The van der Waals surface area contributed by atoms with Crippen molar-refractivity contribution >= 4 is 11.7 Å². The zero-order chi connectivity index (χ0) is 12.1. The van der Waals surface area contributed by atoms with Crippen LogP contribution in [0.25, 0.3) is 5.70 Å². The average molecular weight is 227 g/mol. The number of benzene rings is 1. The first-order chi connectivity index (χ1) is 7.56. The minimum Gasteiger partial charge on any atom is -0.463 e. The van der Waals surface area contributed by atoms with E-state index in [4.69, 9.17) is 5.73 Å². The zero-order valence-corrected chi connectivity index (χ0v) is 8.67. The molecule has 1 rings (SSSR count). The Labute approximate surface area is 91.5 Å². The number of ether oxygens (including phenoxy) is 1. The van der Waals surface area contributed by atoms with E-state index >= 15 is 0 Å². The molecule has 16 heavy (non-hydrogen) atoms. The number of carbonyl (C=O) groups is 1. The topological polar surface area (TPSA) is 52.3 Å².